The Morgan fingerprint density at radius 1 is 1.26 bits per heavy atom. The molecule has 0 spiro atoms. The fraction of sp³-hybridized carbons (Fsp3) is 0.0909. The SMILES string of the molecule is CNc1nc(N)c(N=O)c(Nc2ccc(Br)cc2)n1. The van der Waals surface area contributed by atoms with Crippen LogP contribution in [-0.4, -0.2) is 17.0 Å². The maximum Gasteiger partial charge on any atom is 0.226 e. The molecule has 98 valence electrons. The van der Waals surface area contributed by atoms with Crippen LogP contribution in [0.5, 0.6) is 0 Å². The predicted octanol–water partition coefficient (Wildman–Crippen LogP) is 3.00. The molecule has 1 heterocycles. The van der Waals surface area contributed by atoms with Crippen molar-refractivity contribution in [3.63, 3.8) is 0 Å². The quantitative estimate of drug-likeness (QED) is 0.747. The van der Waals surface area contributed by atoms with Gasteiger partial charge in [-0.15, -0.1) is 4.91 Å². The van der Waals surface area contributed by atoms with Crippen molar-refractivity contribution in [3.8, 4) is 0 Å². The molecule has 7 nitrogen and oxygen atoms in total. The lowest BCUT2D eigenvalue weighted by Gasteiger charge is -2.10. The summed E-state index contributed by atoms with van der Waals surface area (Å²) in [5.41, 5.74) is 6.40. The smallest absolute Gasteiger partial charge is 0.226 e. The number of nitrogens with two attached hydrogens (primary N) is 1. The topological polar surface area (TPSA) is 105 Å². The van der Waals surface area contributed by atoms with Crippen LogP contribution in [0.25, 0.3) is 0 Å². The Morgan fingerprint density at radius 2 is 1.95 bits per heavy atom. The summed E-state index contributed by atoms with van der Waals surface area (Å²) >= 11 is 3.34. The van der Waals surface area contributed by atoms with Crippen molar-refractivity contribution in [1.82, 2.24) is 9.97 Å². The van der Waals surface area contributed by atoms with Gasteiger partial charge in [-0.25, -0.2) is 0 Å². The van der Waals surface area contributed by atoms with E-state index in [0.29, 0.717) is 5.95 Å². The maximum absolute atomic E-state index is 10.8. The lowest BCUT2D eigenvalue weighted by Crippen LogP contribution is -2.04. The molecule has 2 aromatic rings. The fourth-order valence-electron chi connectivity index (χ4n) is 1.43. The van der Waals surface area contributed by atoms with E-state index in [0.717, 1.165) is 10.2 Å². The molecule has 4 N–H and O–H groups in total. The molecule has 19 heavy (non-hydrogen) atoms. The normalized spacial score (nSPS) is 10.0. The van der Waals surface area contributed by atoms with Crippen LogP contribution in [0.15, 0.2) is 33.9 Å². The van der Waals surface area contributed by atoms with Crippen LogP contribution in [0.1, 0.15) is 0 Å². The number of benzene rings is 1. The molecular weight excluding hydrogens is 312 g/mol. The van der Waals surface area contributed by atoms with Gasteiger partial charge in [0.05, 0.1) is 0 Å². The molecule has 0 atom stereocenters. The summed E-state index contributed by atoms with van der Waals surface area (Å²) in [4.78, 5) is 18.8. The van der Waals surface area contributed by atoms with E-state index in [9.17, 15) is 4.91 Å². The summed E-state index contributed by atoms with van der Waals surface area (Å²) < 4.78 is 0.949. The third-order valence-electron chi connectivity index (χ3n) is 2.33. The second-order valence-electron chi connectivity index (χ2n) is 3.60. The summed E-state index contributed by atoms with van der Waals surface area (Å²) in [5, 5.41) is 8.60. The number of halogens is 1. The van der Waals surface area contributed by atoms with Crippen LogP contribution < -0.4 is 16.4 Å². The molecular formula is C11H11BrN6O. The average molecular weight is 323 g/mol. The molecule has 0 saturated carbocycles. The fourth-order valence-corrected chi connectivity index (χ4v) is 1.70. The Morgan fingerprint density at radius 3 is 2.53 bits per heavy atom. The monoisotopic (exact) mass is 322 g/mol. The van der Waals surface area contributed by atoms with Gasteiger partial charge in [-0.2, -0.15) is 9.97 Å². The van der Waals surface area contributed by atoms with E-state index in [4.69, 9.17) is 5.73 Å². The summed E-state index contributed by atoms with van der Waals surface area (Å²) in [6.07, 6.45) is 0. The molecule has 0 radical (unpaired) electrons. The van der Waals surface area contributed by atoms with Gasteiger partial charge >= 0.3 is 0 Å². The Kier molecular flexibility index (Phi) is 3.91. The molecule has 1 aromatic carbocycles. The first-order valence-corrected chi connectivity index (χ1v) is 6.14. The van der Waals surface area contributed by atoms with Gasteiger partial charge in [0.25, 0.3) is 0 Å². The summed E-state index contributed by atoms with van der Waals surface area (Å²) in [7, 11) is 1.66. The minimum atomic E-state index is -0.0121. The highest BCUT2D eigenvalue weighted by atomic mass is 79.9. The van der Waals surface area contributed by atoms with Crippen LogP contribution in [0.3, 0.4) is 0 Å². The van der Waals surface area contributed by atoms with Crippen LogP contribution in [0.2, 0.25) is 0 Å². The van der Waals surface area contributed by atoms with Crippen molar-refractivity contribution in [2.24, 2.45) is 5.18 Å². The number of anilines is 4. The van der Waals surface area contributed by atoms with Crippen molar-refractivity contribution >= 4 is 44.9 Å². The molecule has 2 rings (SSSR count). The van der Waals surface area contributed by atoms with Gasteiger partial charge in [0, 0.05) is 17.2 Å². The molecule has 8 heteroatoms. The second kappa shape index (κ2) is 5.61. The Balaban J connectivity index is 2.40. The first kappa shape index (κ1) is 13.2. The maximum atomic E-state index is 10.8. The standard InChI is InChI=1S/C11H11BrN6O/c1-14-11-16-9(13)8(18-19)10(17-11)15-7-4-2-6(12)3-5-7/h2-5H,1H3,(H4,13,14,15,16,17). The minimum absolute atomic E-state index is 0.0121. The zero-order valence-electron chi connectivity index (χ0n) is 10.0. The van der Waals surface area contributed by atoms with Crippen molar-refractivity contribution < 1.29 is 0 Å². The molecule has 0 unspecified atom stereocenters. The zero-order valence-corrected chi connectivity index (χ0v) is 11.6. The van der Waals surface area contributed by atoms with E-state index in [2.05, 4.69) is 41.7 Å². The summed E-state index contributed by atoms with van der Waals surface area (Å²) in [6, 6.07) is 7.38. The number of nitrogens with one attached hydrogen (secondary N) is 2. The number of hydrogen-bond acceptors (Lipinski definition) is 7. The molecule has 0 bridgehead atoms. The lowest BCUT2D eigenvalue weighted by atomic mass is 10.3. The Hall–Kier alpha value is -2.22. The number of rotatable bonds is 4. The highest BCUT2D eigenvalue weighted by molar-refractivity contribution is 9.10. The van der Waals surface area contributed by atoms with E-state index in [1.165, 1.54) is 0 Å². The minimum Gasteiger partial charge on any atom is -0.382 e. The number of nitroso groups, excluding NO2 is 1. The van der Waals surface area contributed by atoms with E-state index in [1.807, 2.05) is 24.3 Å². The van der Waals surface area contributed by atoms with Crippen molar-refractivity contribution in [1.29, 1.82) is 0 Å². The first-order chi connectivity index (χ1) is 9.13. The first-order valence-electron chi connectivity index (χ1n) is 5.35. The Bertz CT molecular complexity index is 601. The highest BCUT2D eigenvalue weighted by Gasteiger charge is 2.13. The van der Waals surface area contributed by atoms with Gasteiger partial charge in [-0.3, -0.25) is 0 Å². The molecule has 0 aliphatic heterocycles. The zero-order chi connectivity index (χ0) is 13.8. The van der Waals surface area contributed by atoms with Crippen molar-refractivity contribution in [2.45, 2.75) is 0 Å². The molecule has 0 amide bonds. The van der Waals surface area contributed by atoms with Gasteiger partial charge < -0.3 is 16.4 Å². The van der Waals surface area contributed by atoms with E-state index in [1.54, 1.807) is 7.05 Å². The molecule has 0 fully saturated rings. The highest BCUT2D eigenvalue weighted by Crippen LogP contribution is 2.31. The van der Waals surface area contributed by atoms with E-state index < -0.39 is 0 Å². The Labute approximate surface area is 117 Å². The third kappa shape index (κ3) is 2.97. The summed E-state index contributed by atoms with van der Waals surface area (Å²) in [6.45, 7) is 0. The van der Waals surface area contributed by atoms with Crippen LogP contribution in [0.4, 0.5) is 29.0 Å². The van der Waals surface area contributed by atoms with Gasteiger partial charge in [-0.1, -0.05) is 15.9 Å². The number of nitrogen functional groups attached to an aromatic ring is 1. The molecule has 0 aliphatic rings. The van der Waals surface area contributed by atoms with Crippen molar-refractivity contribution in [3.05, 3.63) is 33.6 Å². The number of hydrogen-bond donors (Lipinski definition) is 3. The number of aromatic nitrogens is 2. The van der Waals surface area contributed by atoms with Crippen molar-refractivity contribution in [2.75, 3.05) is 23.4 Å². The van der Waals surface area contributed by atoms with Gasteiger partial charge in [0.1, 0.15) is 0 Å². The second-order valence-corrected chi connectivity index (χ2v) is 4.52. The average Bonchev–Trinajstić information content (AvgIpc) is 2.41. The van der Waals surface area contributed by atoms with E-state index in [-0.39, 0.29) is 17.3 Å². The molecule has 0 saturated heterocycles. The summed E-state index contributed by atoms with van der Waals surface area (Å²) in [5.74, 6) is 0.590. The van der Waals surface area contributed by atoms with Crippen LogP contribution in [0, 0.1) is 4.91 Å². The largest absolute Gasteiger partial charge is 0.382 e. The van der Waals surface area contributed by atoms with Crippen LogP contribution in [-0.2, 0) is 0 Å². The van der Waals surface area contributed by atoms with Gasteiger partial charge in [0.15, 0.2) is 17.3 Å². The van der Waals surface area contributed by atoms with Gasteiger partial charge in [0.2, 0.25) is 5.95 Å². The van der Waals surface area contributed by atoms with E-state index >= 15 is 0 Å². The molecule has 0 aliphatic carbocycles. The number of nitrogens with zero attached hydrogens (tertiary/aromatic N) is 3. The van der Waals surface area contributed by atoms with Gasteiger partial charge in [-0.05, 0) is 29.4 Å². The third-order valence-corrected chi connectivity index (χ3v) is 2.86. The molecule has 1 aromatic heterocycles. The predicted molar refractivity (Wildman–Crippen MR) is 78.9 cm³/mol. The van der Waals surface area contributed by atoms with Crippen LogP contribution >= 0.6 is 15.9 Å². The lowest BCUT2D eigenvalue weighted by molar-refractivity contribution is 1.15.